The summed E-state index contributed by atoms with van der Waals surface area (Å²) in [6.07, 6.45) is 0.01000. The largest absolute Gasteiger partial charge is 0.481 e. The average Bonchev–Trinajstić information content (AvgIpc) is 3.12. The van der Waals surface area contributed by atoms with Crippen LogP contribution < -0.4 is 0 Å². The fourth-order valence-corrected chi connectivity index (χ4v) is 6.40. The zero-order chi connectivity index (χ0) is 32.2. The summed E-state index contributed by atoms with van der Waals surface area (Å²) in [5.41, 5.74) is 4.52. The predicted octanol–water partition coefficient (Wildman–Crippen LogP) is 8.99. The van der Waals surface area contributed by atoms with Gasteiger partial charge in [0.2, 0.25) is 0 Å². The summed E-state index contributed by atoms with van der Waals surface area (Å²) in [6.45, 7) is 0. The van der Waals surface area contributed by atoms with E-state index in [1.165, 1.54) is 0 Å². The molecule has 0 amide bonds. The third kappa shape index (κ3) is 7.82. The van der Waals surface area contributed by atoms with Gasteiger partial charge in [0.25, 0.3) is 0 Å². The zero-order valence-corrected chi connectivity index (χ0v) is 27.4. The number of hydrogen-bond donors (Lipinski definition) is 2. The van der Waals surface area contributed by atoms with Gasteiger partial charge in [-0.1, -0.05) is 182 Å². The Hall–Kier alpha value is -5.12. The van der Waals surface area contributed by atoms with Crippen LogP contribution in [0.4, 0.5) is 0 Å². The van der Waals surface area contributed by atoms with Crippen molar-refractivity contribution in [2.24, 2.45) is 0 Å². The van der Waals surface area contributed by atoms with Gasteiger partial charge >= 0.3 is 11.9 Å². The van der Waals surface area contributed by atoms with Crippen molar-refractivity contribution >= 4 is 11.9 Å². The Kier molecular flexibility index (Phi) is 12.2. The Labute approximate surface area is 289 Å². The molecule has 0 aliphatic heterocycles. The summed E-state index contributed by atoms with van der Waals surface area (Å²) in [4.78, 5) is 23.5. The minimum Gasteiger partial charge on any atom is -0.481 e. The normalized spacial score (nSPS) is 10.9. The first-order chi connectivity index (χ1) is 22.5. The van der Waals surface area contributed by atoms with Gasteiger partial charge in [-0.05, 0) is 33.4 Å². The van der Waals surface area contributed by atoms with Crippen molar-refractivity contribution in [2.45, 2.75) is 23.7 Å². The second-order valence-corrected chi connectivity index (χ2v) is 11.1. The van der Waals surface area contributed by atoms with E-state index in [0.717, 1.165) is 33.4 Å². The summed E-state index contributed by atoms with van der Waals surface area (Å²) >= 11 is 0. The van der Waals surface area contributed by atoms with E-state index in [9.17, 15) is 19.8 Å². The molecular formula is C42H36O4Rh. The van der Waals surface area contributed by atoms with E-state index in [4.69, 9.17) is 0 Å². The molecule has 1 radical (unpaired) electrons. The van der Waals surface area contributed by atoms with Crippen molar-refractivity contribution in [2.75, 3.05) is 0 Å². The molecule has 2 N–H and O–H groups in total. The molecule has 6 rings (SSSR count). The molecule has 0 bridgehead atoms. The van der Waals surface area contributed by atoms with E-state index in [2.05, 4.69) is 0 Å². The van der Waals surface area contributed by atoms with Gasteiger partial charge in [0.15, 0.2) is 0 Å². The van der Waals surface area contributed by atoms with Crippen LogP contribution in [0.15, 0.2) is 182 Å². The number of hydrogen-bond acceptors (Lipinski definition) is 2. The third-order valence-electron chi connectivity index (χ3n) is 8.43. The Morgan fingerprint density at radius 2 is 0.489 bits per heavy atom. The molecule has 0 saturated carbocycles. The van der Waals surface area contributed by atoms with Crippen molar-refractivity contribution in [3.63, 3.8) is 0 Å². The predicted molar refractivity (Wildman–Crippen MR) is 183 cm³/mol. The SMILES string of the molecule is O=C(O)CC(c1ccccc1)(c1ccccc1)c1ccccc1.O=C(O)CC(c1ccccc1)(c1ccccc1)c1ccccc1.[Rh]. The van der Waals surface area contributed by atoms with Gasteiger partial charge in [-0.2, -0.15) is 0 Å². The van der Waals surface area contributed by atoms with Crippen LogP contribution >= 0.6 is 0 Å². The van der Waals surface area contributed by atoms with Crippen LogP contribution in [0.1, 0.15) is 46.2 Å². The van der Waals surface area contributed by atoms with Gasteiger partial charge in [0, 0.05) is 19.5 Å². The molecule has 0 unspecified atom stereocenters. The van der Waals surface area contributed by atoms with Crippen LogP contribution in [0, 0.1) is 0 Å². The van der Waals surface area contributed by atoms with Crippen molar-refractivity contribution in [3.8, 4) is 0 Å². The Morgan fingerprint density at radius 1 is 0.340 bits per heavy atom. The molecule has 237 valence electrons. The molecule has 6 aromatic rings. The van der Waals surface area contributed by atoms with Gasteiger partial charge in [-0.3, -0.25) is 9.59 Å². The van der Waals surface area contributed by atoms with Crippen LogP contribution in [-0.4, -0.2) is 22.2 Å². The number of carbonyl (C=O) groups is 2. The van der Waals surface area contributed by atoms with E-state index >= 15 is 0 Å². The van der Waals surface area contributed by atoms with Crippen molar-refractivity contribution in [1.29, 1.82) is 0 Å². The molecule has 0 aliphatic rings. The summed E-state index contributed by atoms with van der Waals surface area (Å²) in [5.74, 6) is -1.64. The molecule has 0 saturated heterocycles. The number of carboxylic acids is 2. The topological polar surface area (TPSA) is 74.6 Å². The third-order valence-corrected chi connectivity index (χ3v) is 8.43. The first-order valence-electron chi connectivity index (χ1n) is 15.2. The second kappa shape index (κ2) is 16.4. The Bertz CT molecular complexity index is 1480. The number of aliphatic carboxylic acids is 2. The maximum absolute atomic E-state index is 11.7. The molecule has 0 heterocycles. The van der Waals surface area contributed by atoms with E-state index in [1.807, 2.05) is 182 Å². The Balaban J connectivity index is 0.000000208. The quantitative estimate of drug-likeness (QED) is 0.110. The van der Waals surface area contributed by atoms with Gasteiger partial charge < -0.3 is 10.2 Å². The van der Waals surface area contributed by atoms with Crippen LogP contribution in [0.5, 0.6) is 0 Å². The molecule has 47 heavy (non-hydrogen) atoms. The maximum Gasteiger partial charge on any atom is 0.304 e. The molecule has 4 nitrogen and oxygen atoms in total. The van der Waals surface area contributed by atoms with E-state index < -0.39 is 22.8 Å². The van der Waals surface area contributed by atoms with Gasteiger partial charge in [0.05, 0.1) is 23.7 Å². The molecule has 5 heteroatoms. The summed E-state index contributed by atoms with van der Waals surface area (Å²) < 4.78 is 0. The summed E-state index contributed by atoms with van der Waals surface area (Å²) in [5, 5.41) is 19.3. The fourth-order valence-electron chi connectivity index (χ4n) is 6.40. The van der Waals surface area contributed by atoms with E-state index in [-0.39, 0.29) is 32.3 Å². The number of carboxylic acid groups (broad SMARTS) is 2. The van der Waals surface area contributed by atoms with Gasteiger partial charge in [-0.25, -0.2) is 0 Å². The van der Waals surface area contributed by atoms with Gasteiger partial charge in [0.1, 0.15) is 0 Å². The molecule has 0 fully saturated rings. The van der Waals surface area contributed by atoms with Crippen LogP contribution in [0.25, 0.3) is 0 Å². The molecule has 0 spiro atoms. The van der Waals surface area contributed by atoms with Crippen LogP contribution in [0.2, 0.25) is 0 Å². The molecule has 0 aromatic heterocycles. The van der Waals surface area contributed by atoms with E-state index in [1.54, 1.807) is 0 Å². The molecule has 0 atom stereocenters. The molecular weight excluding hydrogens is 671 g/mol. The first-order valence-corrected chi connectivity index (χ1v) is 15.2. The number of rotatable bonds is 10. The smallest absolute Gasteiger partial charge is 0.304 e. The maximum atomic E-state index is 11.7. The summed E-state index contributed by atoms with van der Waals surface area (Å²) in [6, 6.07) is 59.2. The number of benzene rings is 6. The molecule has 0 aliphatic carbocycles. The van der Waals surface area contributed by atoms with Crippen LogP contribution in [0.3, 0.4) is 0 Å². The zero-order valence-electron chi connectivity index (χ0n) is 25.8. The van der Waals surface area contributed by atoms with E-state index in [0.29, 0.717) is 0 Å². The monoisotopic (exact) mass is 707 g/mol. The van der Waals surface area contributed by atoms with Crippen molar-refractivity contribution in [3.05, 3.63) is 215 Å². The average molecular weight is 708 g/mol. The fraction of sp³-hybridized carbons (Fsp3) is 0.0952. The van der Waals surface area contributed by atoms with Crippen molar-refractivity contribution < 1.29 is 39.3 Å². The minimum atomic E-state index is -0.818. The Morgan fingerprint density at radius 3 is 0.617 bits per heavy atom. The van der Waals surface area contributed by atoms with Crippen molar-refractivity contribution in [1.82, 2.24) is 0 Å². The standard InChI is InChI=1S/2C21H18O2.Rh/c2*22-20(23)16-21(17-10-4-1-5-11-17,18-12-6-2-7-13-18)19-14-8-3-9-15-19;/h2*1-15H,16H2,(H,22,23);. The molecule has 6 aromatic carbocycles. The first kappa shape index (κ1) is 34.8. The second-order valence-electron chi connectivity index (χ2n) is 11.1. The van der Waals surface area contributed by atoms with Crippen LogP contribution in [-0.2, 0) is 39.9 Å². The summed E-state index contributed by atoms with van der Waals surface area (Å²) in [7, 11) is 0. The minimum absolute atomic E-state index is 0. The van der Waals surface area contributed by atoms with Gasteiger partial charge in [-0.15, -0.1) is 0 Å².